The lowest BCUT2D eigenvalue weighted by atomic mass is 10.2. The van der Waals surface area contributed by atoms with Crippen LogP contribution < -0.4 is 5.32 Å². The maximum atomic E-state index is 12.9. The number of nitrogens with zero attached hydrogens (tertiary/aromatic N) is 4. The molecule has 0 saturated carbocycles. The van der Waals surface area contributed by atoms with Crippen molar-refractivity contribution in [3.05, 3.63) is 57.3 Å². The van der Waals surface area contributed by atoms with Gasteiger partial charge in [0.05, 0.1) is 0 Å². The zero-order valence-electron chi connectivity index (χ0n) is 13.0. The Bertz CT molecular complexity index is 857. The zero-order chi connectivity index (χ0) is 18.0. The summed E-state index contributed by atoms with van der Waals surface area (Å²) in [5.41, 5.74) is 0.191. The van der Waals surface area contributed by atoms with Gasteiger partial charge in [-0.3, -0.25) is 4.68 Å². The molecule has 2 aromatic heterocycles. The van der Waals surface area contributed by atoms with Crippen molar-refractivity contribution in [2.75, 3.05) is 5.32 Å². The second-order valence-corrected chi connectivity index (χ2v) is 6.83. The van der Waals surface area contributed by atoms with Gasteiger partial charge >= 0.3 is 6.18 Å². The predicted octanol–water partition coefficient (Wildman–Crippen LogP) is 4.15. The minimum absolute atomic E-state index is 0.0295. The third-order valence-corrected chi connectivity index (χ3v) is 4.47. The Morgan fingerprint density at radius 2 is 1.92 bits per heavy atom. The third-order valence-electron chi connectivity index (χ3n) is 3.34. The van der Waals surface area contributed by atoms with Gasteiger partial charge in [0.15, 0.2) is 5.69 Å². The standard InChI is InChI=1S/C15H13ClF3N5S/c1-24-8-10(13(23-24)15(17,18)19)7-20-14-22-21-12(25-14)6-9-2-4-11(16)5-3-9/h2-5,8H,6-7H2,1H3,(H,20,22). The summed E-state index contributed by atoms with van der Waals surface area (Å²) in [6, 6.07) is 7.36. The molecule has 5 nitrogen and oxygen atoms in total. The number of benzene rings is 1. The fourth-order valence-electron chi connectivity index (χ4n) is 2.25. The fraction of sp³-hybridized carbons (Fsp3) is 0.267. The van der Waals surface area contributed by atoms with E-state index in [1.165, 1.54) is 24.6 Å². The first-order valence-corrected chi connectivity index (χ1v) is 8.41. The molecule has 0 fully saturated rings. The van der Waals surface area contributed by atoms with Gasteiger partial charge in [0.1, 0.15) is 5.01 Å². The normalized spacial score (nSPS) is 11.7. The van der Waals surface area contributed by atoms with Gasteiger partial charge < -0.3 is 5.32 Å². The van der Waals surface area contributed by atoms with Crippen LogP contribution in [-0.4, -0.2) is 20.0 Å². The van der Waals surface area contributed by atoms with Crippen molar-refractivity contribution in [1.82, 2.24) is 20.0 Å². The van der Waals surface area contributed by atoms with E-state index < -0.39 is 11.9 Å². The van der Waals surface area contributed by atoms with E-state index in [1.807, 2.05) is 12.1 Å². The van der Waals surface area contributed by atoms with E-state index >= 15 is 0 Å². The molecule has 1 N–H and O–H groups in total. The number of aromatic nitrogens is 4. The molecule has 0 aliphatic heterocycles. The second kappa shape index (κ2) is 7.01. The van der Waals surface area contributed by atoms with Crippen LogP contribution in [0, 0.1) is 0 Å². The van der Waals surface area contributed by atoms with E-state index in [0.717, 1.165) is 15.3 Å². The maximum absolute atomic E-state index is 12.9. The molecule has 0 aliphatic rings. The van der Waals surface area contributed by atoms with E-state index in [0.29, 0.717) is 16.6 Å². The first kappa shape index (κ1) is 17.7. The van der Waals surface area contributed by atoms with Gasteiger partial charge in [0.2, 0.25) is 5.13 Å². The largest absolute Gasteiger partial charge is 0.435 e. The molecule has 1 aromatic carbocycles. The number of rotatable bonds is 5. The molecule has 0 aliphatic carbocycles. The highest BCUT2D eigenvalue weighted by Gasteiger charge is 2.36. The molecule has 2 heterocycles. The average molecular weight is 388 g/mol. The van der Waals surface area contributed by atoms with Gasteiger partial charge in [-0.05, 0) is 17.7 Å². The molecule has 0 atom stereocenters. The molecule has 10 heteroatoms. The highest BCUT2D eigenvalue weighted by atomic mass is 35.5. The van der Waals surface area contributed by atoms with Crippen LogP contribution in [-0.2, 0) is 26.2 Å². The quantitative estimate of drug-likeness (QED) is 0.714. The molecule has 0 radical (unpaired) electrons. The Kier molecular flexibility index (Phi) is 4.96. The Morgan fingerprint density at radius 3 is 2.60 bits per heavy atom. The summed E-state index contributed by atoms with van der Waals surface area (Å²) in [5.74, 6) is 0. The van der Waals surface area contributed by atoms with Crippen molar-refractivity contribution in [2.45, 2.75) is 19.1 Å². The predicted molar refractivity (Wildman–Crippen MR) is 89.7 cm³/mol. The first-order chi connectivity index (χ1) is 11.8. The summed E-state index contributed by atoms with van der Waals surface area (Å²) in [5, 5.41) is 16.2. The molecule has 132 valence electrons. The topological polar surface area (TPSA) is 55.6 Å². The van der Waals surface area contributed by atoms with Gasteiger partial charge in [0.25, 0.3) is 0 Å². The van der Waals surface area contributed by atoms with Crippen LogP contribution in [0.25, 0.3) is 0 Å². The molecule has 0 amide bonds. The summed E-state index contributed by atoms with van der Waals surface area (Å²) in [7, 11) is 1.45. The number of halogens is 4. The maximum Gasteiger partial charge on any atom is 0.435 e. The lowest BCUT2D eigenvalue weighted by molar-refractivity contribution is -0.142. The number of aryl methyl sites for hydroxylation is 1. The van der Waals surface area contributed by atoms with E-state index in [4.69, 9.17) is 11.6 Å². The van der Waals surface area contributed by atoms with Gasteiger partial charge in [-0.1, -0.05) is 35.1 Å². The summed E-state index contributed by atoms with van der Waals surface area (Å²) in [4.78, 5) is 0. The number of hydrogen-bond donors (Lipinski definition) is 1. The lowest BCUT2D eigenvalue weighted by Gasteiger charge is -2.06. The highest BCUT2D eigenvalue weighted by Crippen LogP contribution is 2.31. The minimum atomic E-state index is -4.49. The summed E-state index contributed by atoms with van der Waals surface area (Å²) in [6.45, 7) is -0.0295. The van der Waals surface area contributed by atoms with E-state index in [2.05, 4.69) is 20.6 Å². The Balaban J connectivity index is 1.65. The lowest BCUT2D eigenvalue weighted by Crippen LogP contribution is -2.11. The van der Waals surface area contributed by atoms with Crippen molar-refractivity contribution < 1.29 is 13.2 Å². The number of anilines is 1. The highest BCUT2D eigenvalue weighted by molar-refractivity contribution is 7.15. The van der Waals surface area contributed by atoms with E-state index in [1.54, 1.807) is 12.1 Å². The van der Waals surface area contributed by atoms with E-state index in [-0.39, 0.29) is 12.1 Å². The number of hydrogen-bond acceptors (Lipinski definition) is 5. The minimum Gasteiger partial charge on any atom is -0.356 e. The van der Waals surface area contributed by atoms with Crippen LogP contribution >= 0.6 is 22.9 Å². The molecule has 25 heavy (non-hydrogen) atoms. The van der Waals surface area contributed by atoms with Crippen LogP contribution in [0.15, 0.2) is 30.5 Å². The molecule has 3 rings (SSSR count). The first-order valence-electron chi connectivity index (χ1n) is 7.21. The van der Waals surface area contributed by atoms with Crippen LogP contribution in [0.5, 0.6) is 0 Å². The van der Waals surface area contributed by atoms with Gasteiger partial charge in [0, 0.05) is 36.8 Å². The Labute approximate surface area is 150 Å². The smallest absolute Gasteiger partial charge is 0.356 e. The number of nitrogens with one attached hydrogen (secondary N) is 1. The molecule has 0 bridgehead atoms. The summed E-state index contributed by atoms with van der Waals surface area (Å²) in [6.07, 6.45) is -2.57. The van der Waals surface area contributed by atoms with Crippen LogP contribution in [0.1, 0.15) is 21.8 Å². The van der Waals surface area contributed by atoms with Crippen LogP contribution in [0.3, 0.4) is 0 Å². The van der Waals surface area contributed by atoms with Crippen molar-refractivity contribution in [2.24, 2.45) is 7.05 Å². The van der Waals surface area contributed by atoms with Gasteiger partial charge in [-0.2, -0.15) is 18.3 Å². The van der Waals surface area contributed by atoms with Crippen molar-refractivity contribution in [1.29, 1.82) is 0 Å². The average Bonchev–Trinajstić information content (AvgIpc) is 3.13. The summed E-state index contributed by atoms with van der Waals surface area (Å²) >= 11 is 7.14. The Morgan fingerprint density at radius 1 is 1.20 bits per heavy atom. The molecule has 3 aromatic rings. The monoisotopic (exact) mass is 387 g/mol. The van der Waals surface area contributed by atoms with Gasteiger partial charge in [-0.25, -0.2) is 0 Å². The molecular formula is C15H13ClF3N5S. The van der Waals surface area contributed by atoms with Crippen molar-refractivity contribution in [3.63, 3.8) is 0 Å². The fourth-order valence-corrected chi connectivity index (χ4v) is 3.15. The zero-order valence-corrected chi connectivity index (χ0v) is 14.6. The van der Waals surface area contributed by atoms with Gasteiger partial charge in [-0.15, -0.1) is 10.2 Å². The summed E-state index contributed by atoms with van der Waals surface area (Å²) < 4.78 is 39.9. The molecule has 0 saturated heterocycles. The molecule has 0 unspecified atom stereocenters. The molecular weight excluding hydrogens is 375 g/mol. The van der Waals surface area contributed by atoms with Crippen LogP contribution in [0.2, 0.25) is 5.02 Å². The van der Waals surface area contributed by atoms with Crippen LogP contribution in [0.4, 0.5) is 18.3 Å². The molecule has 0 spiro atoms. The van der Waals surface area contributed by atoms with Crippen molar-refractivity contribution >= 4 is 28.1 Å². The number of alkyl halides is 3. The SMILES string of the molecule is Cn1cc(CNc2nnc(Cc3ccc(Cl)cc3)s2)c(C(F)(F)F)n1. The van der Waals surface area contributed by atoms with Crippen molar-refractivity contribution in [3.8, 4) is 0 Å². The second-order valence-electron chi connectivity index (χ2n) is 5.33. The third kappa shape index (κ3) is 4.49. The Hall–Kier alpha value is -2.13. The van der Waals surface area contributed by atoms with E-state index in [9.17, 15) is 13.2 Å².